The molecule has 0 bridgehead atoms. The summed E-state index contributed by atoms with van der Waals surface area (Å²) >= 11 is 1.08. The molecule has 3 nitrogen and oxygen atoms in total. The molecule has 0 aliphatic rings. The van der Waals surface area contributed by atoms with Crippen molar-refractivity contribution < 1.29 is 13.2 Å². The second-order valence-corrected chi connectivity index (χ2v) is 6.35. The van der Waals surface area contributed by atoms with Crippen LogP contribution in [0.25, 0.3) is 10.9 Å². The number of fused-ring (bicyclic) bond motifs is 1. The molecule has 0 aliphatic carbocycles. The van der Waals surface area contributed by atoms with E-state index in [2.05, 4.69) is 9.97 Å². The van der Waals surface area contributed by atoms with E-state index in [1.165, 1.54) is 6.92 Å². The molecule has 3 rings (SSSR count). The van der Waals surface area contributed by atoms with Crippen LogP contribution in [0.5, 0.6) is 0 Å². The van der Waals surface area contributed by atoms with Gasteiger partial charge in [0, 0.05) is 16.8 Å². The van der Waals surface area contributed by atoms with Gasteiger partial charge in [0.2, 0.25) is 0 Å². The number of halogens is 3. The molecule has 3 aromatic rings. The minimum atomic E-state index is -4.59. The minimum Gasteiger partial charge on any atom is -0.252 e. The molecule has 0 saturated heterocycles. The Hall–Kier alpha value is -2.59. The molecular weight excluding hydrogens is 347 g/mol. The van der Waals surface area contributed by atoms with E-state index in [0.29, 0.717) is 11.4 Å². The number of aromatic nitrogens is 2. The summed E-state index contributed by atoms with van der Waals surface area (Å²) < 4.78 is 39.4. The molecule has 0 radical (unpaired) electrons. The second-order valence-electron chi connectivity index (χ2n) is 5.38. The van der Waals surface area contributed by atoms with E-state index in [-0.39, 0.29) is 10.7 Å². The number of hydrogen-bond donors (Lipinski definition) is 0. The van der Waals surface area contributed by atoms with Gasteiger partial charge in [0.1, 0.15) is 11.1 Å². The molecule has 7 heteroatoms. The number of hydrogen-bond acceptors (Lipinski definition) is 4. The molecule has 25 heavy (non-hydrogen) atoms. The third-order valence-corrected chi connectivity index (χ3v) is 4.55. The van der Waals surface area contributed by atoms with Crippen molar-refractivity contribution in [1.29, 1.82) is 5.26 Å². The number of aryl methyl sites for hydroxylation is 1. The van der Waals surface area contributed by atoms with E-state index in [0.717, 1.165) is 28.7 Å². The van der Waals surface area contributed by atoms with Crippen LogP contribution in [0.4, 0.5) is 13.2 Å². The zero-order chi connectivity index (χ0) is 18.0. The molecule has 1 aromatic carbocycles. The Morgan fingerprint density at radius 2 is 1.88 bits per heavy atom. The molecule has 0 unspecified atom stereocenters. The van der Waals surface area contributed by atoms with Gasteiger partial charge in [-0.25, -0.2) is 4.98 Å². The van der Waals surface area contributed by atoms with Crippen molar-refractivity contribution in [2.45, 2.75) is 23.9 Å². The number of para-hydroxylation sites is 1. The largest absolute Gasteiger partial charge is 0.417 e. The summed E-state index contributed by atoms with van der Waals surface area (Å²) in [5.74, 6) is 0.327. The maximum Gasteiger partial charge on any atom is 0.417 e. The molecule has 2 heterocycles. The summed E-state index contributed by atoms with van der Waals surface area (Å²) in [7, 11) is 0. The van der Waals surface area contributed by atoms with Crippen LogP contribution in [-0.4, -0.2) is 9.97 Å². The average Bonchev–Trinajstić information content (AvgIpc) is 2.58. The van der Waals surface area contributed by atoms with Crippen LogP contribution in [0, 0.1) is 18.3 Å². The number of benzene rings is 1. The Kier molecular flexibility index (Phi) is 4.64. The predicted octanol–water partition coefficient (Wildman–Crippen LogP) is 5.12. The standard InChI is InChI=1S/C18H12F3N3S/c1-11-8-15(18(19,20)21)14(9-22)17(23-11)25-10-13-7-6-12-4-2-3-5-16(12)24-13/h2-8H,10H2,1H3. The van der Waals surface area contributed by atoms with Gasteiger partial charge in [-0.05, 0) is 25.1 Å². The van der Waals surface area contributed by atoms with Crippen LogP contribution in [0.2, 0.25) is 0 Å². The predicted molar refractivity (Wildman–Crippen MR) is 90.0 cm³/mol. The highest BCUT2D eigenvalue weighted by Crippen LogP contribution is 2.36. The topological polar surface area (TPSA) is 49.6 Å². The van der Waals surface area contributed by atoms with Crippen LogP contribution in [0.1, 0.15) is 22.5 Å². The molecule has 0 aliphatic heterocycles. The Bertz CT molecular complexity index is 977. The third kappa shape index (κ3) is 3.74. The normalized spacial score (nSPS) is 11.5. The molecule has 0 spiro atoms. The Morgan fingerprint density at radius 3 is 2.60 bits per heavy atom. The number of thioether (sulfide) groups is 1. The Morgan fingerprint density at radius 1 is 1.12 bits per heavy atom. The average molecular weight is 359 g/mol. The Labute approximate surface area is 146 Å². The summed E-state index contributed by atoms with van der Waals surface area (Å²) in [5.41, 5.74) is 0.361. The van der Waals surface area contributed by atoms with Crippen molar-refractivity contribution in [2.24, 2.45) is 0 Å². The van der Waals surface area contributed by atoms with Gasteiger partial charge in [-0.3, -0.25) is 4.98 Å². The first-order chi connectivity index (χ1) is 11.9. The van der Waals surface area contributed by atoms with Gasteiger partial charge in [0.15, 0.2) is 0 Å². The van der Waals surface area contributed by atoms with E-state index in [9.17, 15) is 18.4 Å². The molecule has 2 aromatic heterocycles. The first-order valence-corrected chi connectivity index (χ1v) is 8.33. The van der Waals surface area contributed by atoms with Crippen LogP contribution >= 0.6 is 11.8 Å². The molecule has 0 saturated carbocycles. The molecule has 0 amide bonds. The fourth-order valence-corrected chi connectivity index (χ4v) is 3.37. The molecule has 0 atom stereocenters. The van der Waals surface area contributed by atoms with Gasteiger partial charge < -0.3 is 0 Å². The second kappa shape index (κ2) is 6.73. The van der Waals surface area contributed by atoms with Crippen LogP contribution < -0.4 is 0 Å². The highest BCUT2D eigenvalue weighted by molar-refractivity contribution is 7.98. The zero-order valence-electron chi connectivity index (χ0n) is 13.1. The van der Waals surface area contributed by atoms with Crippen molar-refractivity contribution >= 4 is 22.7 Å². The monoisotopic (exact) mass is 359 g/mol. The molecule has 0 fully saturated rings. The van der Waals surface area contributed by atoms with Gasteiger partial charge in [0.05, 0.1) is 22.3 Å². The van der Waals surface area contributed by atoms with E-state index < -0.39 is 17.3 Å². The van der Waals surface area contributed by atoms with E-state index in [1.54, 1.807) is 6.07 Å². The van der Waals surface area contributed by atoms with Gasteiger partial charge in [0.25, 0.3) is 0 Å². The van der Waals surface area contributed by atoms with Crippen LogP contribution in [-0.2, 0) is 11.9 Å². The summed E-state index contributed by atoms with van der Waals surface area (Å²) in [6.07, 6.45) is -4.59. The Balaban J connectivity index is 1.92. The smallest absolute Gasteiger partial charge is 0.252 e. The van der Waals surface area contributed by atoms with Gasteiger partial charge in [-0.1, -0.05) is 36.0 Å². The number of pyridine rings is 2. The lowest BCUT2D eigenvalue weighted by Crippen LogP contribution is -2.10. The van der Waals surface area contributed by atoms with Crippen molar-refractivity contribution in [3.8, 4) is 6.07 Å². The van der Waals surface area contributed by atoms with Crippen LogP contribution in [0.15, 0.2) is 47.5 Å². The van der Waals surface area contributed by atoms with Crippen molar-refractivity contribution in [3.05, 3.63) is 65.0 Å². The number of alkyl halides is 3. The minimum absolute atomic E-state index is 0.0739. The molecule has 0 N–H and O–H groups in total. The summed E-state index contributed by atoms with van der Waals surface area (Å²) in [4.78, 5) is 8.59. The summed E-state index contributed by atoms with van der Waals surface area (Å²) in [5, 5.41) is 10.2. The van der Waals surface area contributed by atoms with Crippen molar-refractivity contribution in [2.75, 3.05) is 0 Å². The summed E-state index contributed by atoms with van der Waals surface area (Å²) in [6.45, 7) is 1.48. The lowest BCUT2D eigenvalue weighted by atomic mass is 10.1. The first kappa shape index (κ1) is 17.2. The quantitative estimate of drug-likeness (QED) is 0.609. The SMILES string of the molecule is Cc1cc(C(F)(F)F)c(C#N)c(SCc2ccc3ccccc3n2)n1. The fourth-order valence-electron chi connectivity index (χ4n) is 2.41. The molecular formula is C18H12F3N3S. The highest BCUT2D eigenvalue weighted by atomic mass is 32.2. The van der Waals surface area contributed by atoms with E-state index >= 15 is 0 Å². The number of nitrogens with zero attached hydrogens (tertiary/aromatic N) is 3. The van der Waals surface area contributed by atoms with Crippen molar-refractivity contribution in [3.63, 3.8) is 0 Å². The third-order valence-electron chi connectivity index (χ3n) is 3.54. The fraction of sp³-hybridized carbons (Fsp3) is 0.167. The van der Waals surface area contributed by atoms with Gasteiger partial charge in [-0.15, -0.1) is 0 Å². The van der Waals surface area contributed by atoms with Gasteiger partial charge >= 0.3 is 6.18 Å². The van der Waals surface area contributed by atoms with Crippen molar-refractivity contribution in [1.82, 2.24) is 9.97 Å². The number of rotatable bonds is 3. The summed E-state index contributed by atoms with van der Waals surface area (Å²) in [6, 6.07) is 13.9. The first-order valence-electron chi connectivity index (χ1n) is 7.35. The maximum atomic E-state index is 13.1. The number of nitriles is 1. The lowest BCUT2D eigenvalue weighted by Gasteiger charge is -2.12. The van der Waals surface area contributed by atoms with Gasteiger partial charge in [-0.2, -0.15) is 18.4 Å². The van der Waals surface area contributed by atoms with E-state index in [1.807, 2.05) is 36.4 Å². The highest BCUT2D eigenvalue weighted by Gasteiger charge is 2.35. The molecule has 126 valence electrons. The lowest BCUT2D eigenvalue weighted by molar-refractivity contribution is -0.138. The maximum absolute atomic E-state index is 13.1. The van der Waals surface area contributed by atoms with E-state index in [4.69, 9.17) is 0 Å². The van der Waals surface area contributed by atoms with Crippen LogP contribution in [0.3, 0.4) is 0 Å². The zero-order valence-corrected chi connectivity index (χ0v) is 13.9.